The van der Waals surface area contributed by atoms with E-state index in [-0.39, 0.29) is 16.8 Å². The molecule has 0 spiro atoms. The molecule has 118 valence electrons. The molecule has 7 heteroatoms. The molecular weight excluding hydrogens is 300 g/mol. The van der Waals surface area contributed by atoms with Gasteiger partial charge in [0.25, 0.3) is 5.56 Å². The van der Waals surface area contributed by atoms with Crippen LogP contribution in [0.5, 0.6) is 0 Å². The molecule has 0 amide bonds. The Balaban J connectivity index is 2.67. The van der Waals surface area contributed by atoms with E-state index >= 15 is 0 Å². The van der Waals surface area contributed by atoms with Gasteiger partial charge >= 0.3 is 11.7 Å². The lowest BCUT2D eigenvalue weighted by molar-refractivity contribution is -0.134. The summed E-state index contributed by atoms with van der Waals surface area (Å²) < 4.78 is 4.51. The third-order valence-corrected chi connectivity index (χ3v) is 3.14. The predicted octanol–water partition coefficient (Wildman–Crippen LogP) is 0.871. The molecular formula is C16H14N2O5. The highest BCUT2D eigenvalue weighted by Gasteiger charge is 2.19. The van der Waals surface area contributed by atoms with Crippen molar-refractivity contribution in [3.63, 3.8) is 0 Å². The Morgan fingerprint density at radius 1 is 1.09 bits per heavy atom. The number of carbonyl (C=O) groups is 2. The summed E-state index contributed by atoms with van der Waals surface area (Å²) in [6.07, 6.45) is 1.07. The van der Waals surface area contributed by atoms with Crippen molar-refractivity contribution in [3.05, 3.63) is 74.1 Å². The van der Waals surface area contributed by atoms with Gasteiger partial charge in [0.2, 0.25) is 5.78 Å². The third kappa shape index (κ3) is 3.52. The first-order valence-corrected chi connectivity index (χ1v) is 6.67. The summed E-state index contributed by atoms with van der Waals surface area (Å²) in [5.41, 5.74) is -1.31. The van der Waals surface area contributed by atoms with Crippen molar-refractivity contribution in [2.24, 2.45) is 0 Å². The molecule has 0 aliphatic heterocycles. The number of aromatic nitrogens is 2. The van der Waals surface area contributed by atoms with Gasteiger partial charge in [0.1, 0.15) is 5.69 Å². The zero-order chi connectivity index (χ0) is 17.0. The van der Waals surface area contributed by atoms with E-state index in [1.54, 1.807) is 30.3 Å². The van der Waals surface area contributed by atoms with Crippen LogP contribution >= 0.6 is 0 Å². The monoisotopic (exact) mass is 314 g/mol. The van der Waals surface area contributed by atoms with E-state index in [4.69, 9.17) is 0 Å². The van der Waals surface area contributed by atoms with Gasteiger partial charge in [-0.3, -0.25) is 14.6 Å². The first-order valence-electron chi connectivity index (χ1n) is 6.67. The van der Waals surface area contributed by atoms with Gasteiger partial charge in [-0.05, 0) is 12.5 Å². The fourth-order valence-corrected chi connectivity index (χ4v) is 2.07. The summed E-state index contributed by atoms with van der Waals surface area (Å²) in [5.74, 6) is -1.20. The second kappa shape index (κ2) is 6.69. The third-order valence-electron chi connectivity index (χ3n) is 3.14. The van der Waals surface area contributed by atoms with Gasteiger partial charge in [0.05, 0.1) is 12.7 Å². The van der Waals surface area contributed by atoms with Crippen molar-refractivity contribution in [3.8, 4) is 0 Å². The quantitative estimate of drug-likeness (QED) is 0.494. The van der Waals surface area contributed by atoms with Crippen molar-refractivity contribution in [2.45, 2.75) is 6.92 Å². The minimum Gasteiger partial charge on any atom is -0.466 e. The molecule has 23 heavy (non-hydrogen) atoms. The number of aromatic amines is 2. The number of allylic oxidation sites excluding steroid dienone is 1. The molecule has 0 bridgehead atoms. The molecule has 1 aromatic heterocycles. The lowest BCUT2D eigenvalue weighted by atomic mass is 10.00. The van der Waals surface area contributed by atoms with E-state index in [9.17, 15) is 19.2 Å². The number of ketones is 1. The van der Waals surface area contributed by atoms with Crippen LogP contribution in [0.25, 0.3) is 5.57 Å². The Hall–Kier alpha value is -3.22. The van der Waals surface area contributed by atoms with Crippen molar-refractivity contribution < 1.29 is 14.3 Å². The van der Waals surface area contributed by atoms with Gasteiger partial charge in [-0.15, -0.1) is 0 Å². The van der Waals surface area contributed by atoms with Crippen LogP contribution in [-0.2, 0) is 9.53 Å². The molecule has 0 fully saturated rings. The largest absolute Gasteiger partial charge is 0.466 e. The summed E-state index contributed by atoms with van der Waals surface area (Å²) in [6, 6.07) is 8.18. The standard InChI is InChI=1S/C16H14N2O5/c1-9(8-11(19)23-2)12-13(17-16(22)18-15(12)21)14(20)10-6-4-3-5-7-10/h3-8H,1-2H3,(H2,17,18,21,22)/b9-8+. The van der Waals surface area contributed by atoms with Crippen LogP contribution in [0.15, 0.2) is 46.0 Å². The number of rotatable bonds is 4. The first kappa shape index (κ1) is 16.2. The SMILES string of the molecule is COC(=O)/C=C(\C)c1c(C(=O)c2ccccc2)[nH]c(=O)[nH]c1=O. The molecule has 0 aliphatic carbocycles. The normalized spacial score (nSPS) is 11.1. The molecule has 0 unspecified atom stereocenters. The number of methoxy groups -OCH3 is 1. The average molecular weight is 314 g/mol. The van der Waals surface area contributed by atoms with E-state index in [1.807, 2.05) is 4.98 Å². The minimum absolute atomic E-state index is 0.0798. The second-order valence-electron chi connectivity index (χ2n) is 4.70. The van der Waals surface area contributed by atoms with Gasteiger partial charge in [0.15, 0.2) is 0 Å². The smallest absolute Gasteiger partial charge is 0.330 e. The second-order valence-corrected chi connectivity index (χ2v) is 4.70. The number of ether oxygens (including phenoxy) is 1. The fraction of sp³-hybridized carbons (Fsp3) is 0.125. The van der Waals surface area contributed by atoms with E-state index < -0.39 is 23.0 Å². The van der Waals surface area contributed by atoms with Gasteiger partial charge in [-0.25, -0.2) is 9.59 Å². The molecule has 0 aliphatic rings. The number of nitrogens with one attached hydrogen (secondary N) is 2. The average Bonchev–Trinajstić information content (AvgIpc) is 2.53. The molecule has 0 saturated heterocycles. The Kier molecular flexibility index (Phi) is 4.70. The Labute approximate surface area is 130 Å². The van der Waals surface area contributed by atoms with E-state index in [2.05, 4.69) is 9.72 Å². The summed E-state index contributed by atoms with van der Waals surface area (Å²) in [7, 11) is 1.19. The number of hydrogen-bond donors (Lipinski definition) is 2. The Bertz CT molecular complexity index is 891. The van der Waals surface area contributed by atoms with Gasteiger partial charge in [-0.2, -0.15) is 0 Å². The zero-order valence-corrected chi connectivity index (χ0v) is 12.5. The summed E-state index contributed by atoms with van der Waals surface area (Å²) in [4.78, 5) is 51.9. The van der Waals surface area contributed by atoms with Gasteiger partial charge in [-0.1, -0.05) is 30.3 Å². The van der Waals surface area contributed by atoms with Crippen molar-refractivity contribution in [1.29, 1.82) is 0 Å². The number of carbonyl (C=O) groups excluding carboxylic acids is 2. The summed E-state index contributed by atoms with van der Waals surface area (Å²) in [6.45, 7) is 1.47. The Morgan fingerprint density at radius 3 is 2.35 bits per heavy atom. The topological polar surface area (TPSA) is 109 Å². The Morgan fingerprint density at radius 2 is 1.74 bits per heavy atom. The maximum absolute atomic E-state index is 12.6. The van der Waals surface area contributed by atoms with Crippen LogP contribution in [0.1, 0.15) is 28.5 Å². The molecule has 1 heterocycles. The van der Waals surface area contributed by atoms with Crippen LogP contribution in [-0.4, -0.2) is 28.8 Å². The van der Waals surface area contributed by atoms with Gasteiger partial charge in [0, 0.05) is 11.6 Å². The molecule has 0 radical (unpaired) electrons. The van der Waals surface area contributed by atoms with Crippen LogP contribution in [0.3, 0.4) is 0 Å². The number of H-pyrrole nitrogens is 2. The molecule has 2 rings (SSSR count). The van der Waals surface area contributed by atoms with Crippen LogP contribution in [0, 0.1) is 0 Å². The highest BCUT2D eigenvalue weighted by Crippen LogP contribution is 2.16. The maximum Gasteiger partial charge on any atom is 0.330 e. The first-order chi connectivity index (χ1) is 10.9. The van der Waals surface area contributed by atoms with E-state index in [1.165, 1.54) is 14.0 Å². The highest BCUT2D eigenvalue weighted by atomic mass is 16.5. The lowest BCUT2D eigenvalue weighted by Crippen LogP contribution is -2.29. The highest BCUT2D eigenvalue weighted by molar-refractivity contribution is 6.10. The summed E-state index contributed by atoms with van der Waals surface area (Å²) in [5, 5.41) is 0. The molecule has 0 atom stereocenters. The molecule has 1 aromatic carbocycles. The maximum atomic E-state index is 12.6. The van der Waals surface area contributed by atoms with Gasteiger partial charge < -0.3 is 9.72 Å². The predicted molar refractivity (Wildman–Crippen MR) is 83.2 cm³/mol. The number of benzene rings is 1. The van der Waals surface area contributed by atoms with Crippen LogP contribution < -0.4 is 11.2 Å². The van der Waals surface area contributed by atoms with Crippen molar-refractivity contribution >= 4 is 17.3 Å². The summed E-state index contributed by atoms with van der Waals surface area (Å²) >= 11 is 0. The molecule has 7 nitrogen and oxygen atoms in total. The molecule has 2 aromatic rings. The van der Waals surface area contributed by atoms with Crippen LogP contribution in [0.4, 0.5) is 0 Å². The number of esters is 1. The van der Waals surface area contributed by atoms with E-state index in [0.717, 1.165) is 6.08 Å². The molecule has 0 saturated carbocycles. The lowest BCUT2D eigenvalue weighted by Gasteiger charge is -2.07. The fourth-order valence-electron chi connectivity index (χ4n) is 2.07. The zero-order valence-electron chi connectivity index (χ0n) is 12.5. The molecule has 2 N–H and O–H groups in total. The minimum atomic E-state index is -0.802. The van der Waals surface area contributed by atoms with E-state index in [0.29, 0.717) is 5.56 Å². The van der Waals surface area contributed by atoms with Crippen LogP contribution in [0.2, 0.25) is 0 Å². The van der Waals surface area contributed by atoms with Crippen molar-refractivity contribution in [1.82, 2.24) is 9.97 Å². The van der Waals surface area contributed by atoms with Crippen molar-refractivity contribution in [2.75, 3.05) is 7.11 Å². The number of hydrogen-bond acceptors (Lipinski definition) is 5.